The Bertz CT molecular complexity index is 3910. The summed E-state index contributed by atoms with van der Waals surface area (Å²) in [5, 5.41) is 9.06. The lowest BCUT2D eigenvalue weighted by atomic mass is 9.62. The Morgan fingerprint density at radius 1 is 0.532 bits per heavy atom. The molecule has 2 aromatic heterocycles. The third-order valence-corrected chi connectivity index (χ3v) is 17.4. The molecular weight excluding hydrogens is 937 g/mol. The summed E-state index contributed by atoms with van der Waals surface area (Å²) in [4.78, 5) is 4.79. The van der Waals surface area contributed by atoms with Crippen LogP contribution in [0.4, 0.5) is 22.7 Å². The molecule has 0 saturated heterocycles. The van der Waals surface area contributed by atoms with Crippen LogP contribution in [-0.4, -0.2) is 9.55 Å². The molecule has 9 aromatic rings. The number of rotatable bonds is 9. The van der Waals surface area contributed by atoms with Crippen LogP contribution in [-0.2, 0) is 32.5 Å². The largest absolute Gasteiger partial charge is 0.457 e. The number of aromatic nitrogens is 2. The maximum Gasteiger partial charge on any atom is 0.137 e. The van der Waals surface area contributed by atoms with E-state index < -0.39 is 0 Å². The highest BCUT2D eigenvalue weighted by atomic mass is 16.5. The van der Waals surface area contributed by atoms with Crippen molar-refractivity contribution < 1.29 is 10.2 Å². The van der Waals surface area contributed by atoms with Crippen molar-refractivity contribution in [1.82, 2.24) is 9.55 Å². The zero-order valence-electron chi connectivity index (χ0n) is 52.3. The molecule has 0 spiro atoms. The molecule has 0 radical (unpaired) electrons. The molecule has 11 rings (SSSR count). The zero-order chi connectivity index (χ0) is 58.1. The second-order valence-electron chi connectivity index (χ2n) is 27.0. The van der Waals surface area contributed by atoms with E-state index in [0.717, 1.165) is 59.6 Å². The Hall–Kier alpha value is -7.11. The van der Waals surface area contributed by atoms with Crippen molar-refractivity contribution in [1.29, 1.82) is 0 Å². The first-order valence-corrected chi connectivity index (χ1v) is 27.9. The minimum Gasteiger partial charge on any atom is -0.457 e. The van der Waals surface area contributed by atoms with Crippen molar-refractivity contribution in [2.75, 3.05) is 10.6 Å². The van der Waals surface area contributed by atoms with E-state index in [0.29, 0.717) is 39.1 Å². The number of benzene rings is 7. The summed E-state index contributed by atoms with van der Waals surface area (Å²) in [7, 11) is 0. The summed E-state index contributed by atoms with van der Waals surface area (Å²) in [6, 6.07) is 43.0. The van der Waals surface area contributed by atoms with Crippen LogP contribution < -0.4 is 15.4 Å². The summed E-state index contributed by atoms with van der Waals surface area (Å²) in [5.41, 5.74) is 18.5. The number of ether oxygens (including phenoxy) is 1. The lowest BCUT2D eigenvalue weighted by Crippen LogP contribution is -2.33. The van der Waals surface area contributed by atoms with Gasteiger partial charge in [-0.05, 0) is 176 Å². The van der Waals surface area contributed by atoms with Crippen molar-refractivity contribution in [2.45, 2.75) is 162 Å². The van der Waals surface area contributed by atoms with Crippen LogP contribution in [0.25, 0.3) is 49.9 Å². The molecule has 2 aliphatic carbocycles. The fraction of sp³-hybridized carbons (Fsp3) is 0.347. The van der Waals surface area contributed by atoms with E-state index in [9.17, 15) is 0 Å². The third kappa shape index (κ3) is 9.63. The average molecular weight is 1020 g/mol. The summed E-state index contributed by atoms with van der Waals surface area (Å²) in [6.45, 7) is 34.7. The molecule has 0 fully saturated rings. The summed E-state index contributed by atoms with van der Waals surface area (Å²) in [5.74, 6) is 1.78. The van der Waals surface area contributed by atoms with Crippen LogP contribution in [0.3, 0.4) is 0 Å². The minimum absolute atomic E-state index is 0.0320. The van der Waals surface area contributed by atoms with Gasteiger partial charge >= 0.3 is 0 Å². The third-order valence-electron chi connectivity index (χ3n) is 17.4. The van der Waals surface area contributed by atoms with E-state index in [1.54, 1.807) is 6.20 Å². The highest BCUT2D eigenvalue weighted by molar-refractivity contribution is 6.09. The van der Waals surface area contributed by atoms with Gasteiger partial charge in [0.2, 0.25) is 0 Å². The maximum absolute atomic E-state index is 9.14. The SMILES string of the molecule is [2H]c1c([2H])c([2H])c2c(c1[2H])c1ccc(Oc3cc(Nc4ccccc4Nc4c(-c5ccc6c(c5)C(C)(C)CCC6(C)C)cc(C(C)(C)C)cc4-c4ccc5c(c4)C(C)(C)CCC5(C)C)ccc3C)cc1n2-c1cc(C(C)(C)C)ccn1. The Kier molecular flexibility index (Phi) is 11.3. The number of nitrogens with one attached hydrogen (secondary N) is 2. The summed E-state index contributed by atoms with van der Waals surface area (Å²) >= 11 is 0. The molecule has 0 amide bonds. The maximum atomic E-state index is 9.14. The van der Waals surface area contributed by atoms with E-state index in [4.69, 9.17) is 15.2 Å². The quantitative estimate of drug-likeness (QED) is 0.151. The highest BCUT2D eigenvalue weighted by Crippen LogP contribution is 2.52. The van der Waals surface area contributed by atoms with Crippen LogP contribution in [0.1, 0.15) is 167 Å². The van der Waals surface area contributed by atoms with E-state index >= 15 is 0 Å². The number of para-hydroxylation sites is 3. The molecule has 77 heavy (non-hydrogen) atoms. The average Bonchev–Trinajstić information content (AvgIpc) is 2.57. The van der Waals surface area contributed by atoms with Gasteiger partial charge in [-0.2, -0.15) is 0 Å². The van der Waals surface area contributed by atoms with Gasteiger partial charge in [0.1, 0.15) is 17.3 Å². The lowest BCUT2D eigenvalue weighted by molar-refractivity contribution is 0.332. The van der Waals surface area contributed by atoms with Crippen molar-refractivity contribution in [3.63, 3.8) is 0 Å². The second kappa shape index (κ2) is 18.5. The van der Waals surface area contributed by atoms with Gasteiger partial charge in [-0.3, -0.25) is 4.57 Å². The fourth-order valence-electron chi connectivity index (χ4n) is 12.1. The van der Waals surface area contributed by atoms with Crippen molar-refractivity contribution >= 4 is 44.6 Å². The molecule has 394 valence electrons. The first-order valence-electron chi connectivity index (χ1n) is 29.9. The summed E-state index contributed by atoms with van der Waals surface area (Å²) < 4.78 is 44.2. The normalized spacial score (nSPS) is 17.2. The number of hydrogen-bond donors (Lipinski definition) is 2. The molecule has 0 aliphatic heterocycles. The zero-order valence-corrected chi connectivity index (χ0v) is 48.3. The first-order chi connectivity index (χ1) is 37.9. The van der Waals surface area contributed by atoms with Crippen LogP contribution in [0.2, 0.25) is 0 Å². The molecule has 0 unspecified atom stereocenters. The van der Waals surface area contributed by atoms with Gasteiger partial charge < -0.3 is 15.4 Å². The number of anilines is 4. The number of nitrogens with zero attached hydrogens (tertiary/aromatic N) is 2. The van der Waals surface area contributed by atoms with E-state index in [1.807, 2.05) is 47.9 Å². The van der Waals surface area contributed by atoms with Crippen LogP contribution >= 0.6 is 0 Å². The summed E-state index contributed by atoms with van der Waals surface area (Å²) in [6.07, 6.45) is 6.35. The molecule has 0 saturated carbocycles. The number of pyridine rings is 1. The van der Waals surface area contributed by atoms with Gasteiger partial charge in [0.25, 0.3) is 0 Å². The number of aryl methyl sites for hydroxylation is 1. The molecular formula is C72H80N4O. The molecule has 0 bridgehead atoms. The van der Waals surface area contributed by atoms with E-state index in [1.165, 1.54) is 50.1 Å². The Morgan fingerprint density at radius 3 is 1.68 bits per heavy atom. The van der Waals surface area contributed by atoms with Crippen LogP contribution in [0, 0.1) is 6.92 Å². The topological polar surface area (TPSA) is 51.1 Å². The standard InChI is InChI=1S/C72H80N4O/c1-45-24-27-50(43-64(45)77-51-28-29-53-52-20-16-19-23-62(52)76(63(53)44-51)65-42-48(32-37-73-65)67(2,3)4)74-60-21-17-18-22-61(60)75-66-54(46-25-30-56-58(38-46)71(12,13)35-33-69(56,8)9)40-49(68(5,6)7)41-55(66)47-26-31-57-59(39-47)72(14,15)36-34-70(57,10)11/h16-32,37-44,74-75H,33-36H2,1-15H3/i16D,19D,20D,23D. The van der Waals surface area contributed by atoms with E-state index in [-0.39, 0.29) is 56.7 Å². The molecule has 2 heterocycles. The predicted molar refractivity (Wildman–Crippen MR) is 328 cm³/mol. The van der Waals surface area contributed by atoms with Gasteiger partial charge in [0, 0.05) is 45.9 Å². The van der Waals surface area contributed by atoms with Crippen LogP contribution in [0.5, 0.6) is 11.5 Å². The Labute approximate surface area is 465 Å². The monoisotopic (exact) mass is 1020 g/mol. The first kappa shape index (κ1) is 47.1. The minimum atomic E-state index is -0.290. The molecule has 2 aliphatic rings. The molecule has 0 atom stereocenters. The highest BCUT2D eigenvalue weighted by Gasteiger charge is 2.39. The van der Waals surface area contributed by atoms with Crippen molar-refractivity contribution in [3.8, 4) is 39.6 Å². The van der Waals surface area contributed by atoms with Gasteiger partial charge in [-0.25, -0.2) is 4.98 Å². The van der Waals surface area contributed by atoms with Crippen molar-refractivity contribution in [3.05, 3.63) is 191 Å². The Morgan fingerprint density at radius 2 is 1.09 bits per heavy atom. The van der Waals surface area contributed by atoms with Crippen molar-refractivity contribution in [2.24, 2.45) is 0 Å². The van der Waals surface area contributed by atoms with Gasteiger partial charge in [0.05, 0.1) is 33.6 Å². The predicted octanol–water partition coefficient (Wildman–Crippen LogP) is 20.4. The molecule has 7 aromatic carbocycles. The van der Waals surface area contributed by atoms with Gasteiger partial charge in [-0.1, -0.05) is 170 Å². The van der Waals surface area contributed by atoms with Crippen LogP contribution in [0.15, 0.2) is 152 Å². The second-order valence-corrected chi connectivity index (χ2v) is 27.0. The number of fused-ring (bicyclic) bond motifs is 5. The van der Waals surface area contributed by atoms with E-state index in [2.05, 4.69) is 192 Å². The van der Waals surface area contributed by atoms with Gasteiger partial charge in [0.15, 0.2) is 0 Å². The molecule has 5 heteroatoms. The molecule has 2 N–H and O–H groups in total. The number of hydrogen-bond acceptors (Lipinski definition) is 4. The lowest BCUT2D eigenvalue weighted by Gasteiger charge is -2.42. The smallest absolute Gasteiger partial charge is 0.137 e. The van der Waals surface area contributed by atoms with Gasteiger partial charge in [-0.15, -0.1) is 0 Å². The fourth-order valence-corrected chi connectivity index (χ4v) is 12.1. The molecule has 5 nitrogen and oxygen atoms in total. The Balaban J connectivity index is 1.02.